The molecule has 0 spiro atoms. The lowest BCUT2D eigenvalue weighted by Gasteiger charge is -2.19. The SMILES string of the molecule is CC(C)(C)OC(=O)COCCCCCCCCC(=O)O. The van der Waals surface area contributed by atoms with E-state index in [1.165, 1.54) is 0 Å². The van der Waals surface area contributed by atoms with Crippen LogP contribution in [0.25, 0.3) is 0 Å². The van der Waals surface area contributed by atoms with Crippen molar-refractivity contribution in [2.24, 2.45) is 0 Å². The highest BCUT2D eigenvalue weighted by atomic mass is 16.6. The minimum Gasteiger partial charge on any atom is -0.481 e. The van der Waals surface area contributed by atoms with Crippen LogP contribution in [0, 0.1) is 0 Å². The Morgan fingerprint density at radius 1 is 0.950 bits per heavy atom. The van der Waals surface area contributed by atoms with Gasteiger partial charge in [-0.1, -0.05) is 25.7 Å². The van der Waals surface area contributed by atoms with Crippen molar-refractivity contribution in [1.82, 2.24) is 0 Å². The van der Waals surface area contributed by atoms with Gasteiger partial charge in [0.25, 0.3) is 0 Å². The number of carboxylic acid groups (broad SMARTS) is 1. The van der Waals surface area contributed by atoms with Crippen LogP contribution in [0.3, 0.4) is 0 Å². The van der Waals surface area contributed by atoms with E-state index >= 15 is 0 Å². The maximum absolute atomic E-state index is 11.3. The summed E-state index contributed by atoms with van der Waals surface area (Å²) in [6.07, 6.45) is 6.08. The zero-order valence-electron chi connectivity index (χ0n) is 12.9. The van der Waals surface area contributed by atoms with E-state index < -0.39 is 11.6 Å². The van der Waals surface area contributed by atoms with Gasteiger partial charge in [0.2, 0.25) is 0 Å². The van der Waals surface area contributed by atoms with Crippen molar-refractivity contribution in [3.05, 3.63) is 0 Å². The summed E-state index contributed by atoms with van der Waals surface area (Å²) in [6, 6.07) is 0. The quantitative estimate of drug-likeness (QED) is 0.467. The molecule has 1 N–H and O–H groups in total. The summed E-state index contributed by atoms with van der Waals surface area (Å²) in [6.45, 7) is 6.06. The van der Waals surface area contributed by atoms with Gasteiger partial charge in [-0.3, -0.25) is 4.79 Å². The summed E-state index contributed by atoms with van der Waals surface area (Å²) in [5.74, 6) is -1.05. The van der Waals surface area contributed by atoms with Crippen LogP contribution >= 0.6 is 0 Å². The molecule has 0 amide bonds. The molecule has 0 aromatic rings. The molecule has 0 saturated carbocycles. The van der Waals surface area contributed by atoms with Crippen LogP contribution in [-0.4, -0.2) is 35.9 Å². The molecule has 0 aromatic heterocycles. The van der Waals surface area contributed by atoms with Crippen LogP contribution in [0.5, 0.6) is 0 Å². The third kappa shape index (κ3) is 15.0. The minimum atomic E-state index is -0.722. The summed E-state index contributed by atoms with van der Waals surface area (Å²) < 4.78 is 10.4. The molecule has 0 heterocycles. The van der Waals surface area contributed by atoms with Gasteiger partial charge < -0.3 is 14.6 Å². The van der Waals surface area contributed by atoms with E-state index in [0.717, 1.165) is 38.5 Å². The lowest BCUT2D eigenvalue weighted by Crippen LogP contribution is -2.26. The number of hydrogen-bond acceptors (Lipinski definition) is 4. The highest BCUT2D eigenvalue weighted by Gasteiger charge is 2.15. The first kappa shape index (κ1) is 18.9. The Morgan fingerprint density at radius 3 is 2.05 bits per heavy atom. The molecule has 0 fully saturated rings. The molecular weight excluding hydrogens is 260 g/mol. The average molecular weight is 288 g/mol. The molecule has 0 bridgehead atoms. The molecule has 5 nitrogen and oxygen atoms in total. The number of esters is 1. The van der Waals surface area contributed by atoms with Crippen molar-refractivity contribution < 1.29 is 24.2 Å². The highest BCUT2D eigenvalue weighted by Crippen LogP contribution is 2.08. The van der Waals surface area contributed by atoms with Crippen LogP contribution in [0.15, 0.2) is 0 Å². The van der Waals surface area contributed by atoms with Gasteiger partial charge in [-0.15, -0.1) is 0 Å². The normalized spacial score (nSPS) is 11.3. The fourth-order valence-corrected chi connectivity index (χ4v) is 1.71. The van der Waals surface area contributed by atoms with Crippen molar-refractivity contribution in [2.75, 3.05) is 13.2 Å². The van der Waals surface area contributed by atoms with Crippen LogP contribution in [0.4, 0.5) is 0 Å². The first-order valence-corrected chi connectivity index (χ1v) is 7.32. The standard InChI is InChI=1S/C15H28O5/c1-15(2,3)20-14(18)12-19-11-9-7-5-4-6-8-10-13(16)17/h4-12H2,1-3H3,(H,16,17). The molecular formula is C15H28O5. The van der Waals surface area contributed by atoms with Crippen molar-refractivity contribution in [3.8, 4) is 0 Å². The molecule has 0 unspecified atom stereocenters. The van der Waals surface area contributed by atoms with Gasteiger partial charge in [0.1, 0.15) is 12.2 Å². The summed E-state index contributed by atoms with van der Waals surface area (Å²) >= 11 is 0. The van der Waals surface area contributed by atoms with Crippen molar-refractivity contribution in [2.45, 2.75) is 71.3 Å². The number of unbranched alkanes of at least 4 members (excludes halogenated alkanes) is 5. The van der Waals surface area contributed by atoms with Gasteiger partial charge in [0.15, 0.2) is 0 Å². The number of hydrogen-bond donors (Lipinski definition) is 1. The second-order valence-electron chi connectivity index (χ2n) is 5.90. The Labute approximate surface area is 121 Å². The molecule has 0 aliphatic carbocycles. The first-order chi connectivity index (χ1) is 9.31. The fourth-order valence-electron chi connectivity index (χ4n) is 1.71. The summed E-state index contributed by atoms with van der Waals surface area (Å²) in [7, 11) is 0. The second-order valence-corrected chi connectivity index (χ2v) is 5.90. The Kier molecular flexibility index (Phi) is 10.1. The molecule has 20 heavy (non-hydrogen) atoms. The number of rotatable bonds is 11. The van der Waals surface area contributed by atoms with Gasteiger partial charge in [0, 0.05) is 13.0 Å². The zero-order chi connectivity index (χ0) is 15.4. The smallest absolute Gasteiger partial charge is 0.332 e. The average Bonchev–Trinajstić information content (AvgIpc) is 2.28. The number of carbonyl (C=O) groups excluding carboxylic acids is 1. The van der Waals surface area contributed by atoms with E-state index in [-0.39, 0.29) is 19.0 Å². The molecule has 0 radical (unpaired) electrons. The largest absolute Gasteiger partial charge is 0.481 e. The molecule has 118 valence electrons. The molecule has 0 aromatic carbocycles. The van der Waals surface area contributed by atoms with Gasteiger partial charge in [-0.2, -0.15) is 0 Å². The van der Waals surface area contributed by atoms with Gasteiger partial charge in [-0.05, 0) is 33.6 Å². The summed E-state index contributed by atoms with van der Waals surface area (Å²) in [4.78, 5) is 21.6. The molecule has 0 rings (SSSR count). The fraction of sp³-hybridized carbons (Fsp3) is 0.867. The van der Waals surface area contributed by atoms with E-state index in [4.69, 9.17) is 14.6 Å². The van der Waals surface area contributed by atoms with E-state index in [0.29, 0.717) is 6.61 Å². The lowest BCUT2D eigenvalue weighted by atomic mass is 10.1. The Hall–Kier alpha value is -1.10. The maximum atomic E-state index is 11.3. The summed E-state index contributed by atoms with van der Waals surface area (Å²) in [5.41, 5.74) is -0.462. The minimum absolute atomic E-state index is 0.00980. The summed E-state index contributed by atoms with van der Waals surface area (Å²) in [5, 5.41) is 8.47. The van der Waals surface area contributed by atoms with E-state index in [1.54, 1.807) is 0 Å². The Morgan fingerprint density at radius 2 is 1.50 bits per heavy atom. The van der Waals surface area contributed by atoms with Gasteiger partial charge in [-0.25, -0.2) is 4.79 Å². The zero-order valence-corrected chi connectivity index (χ0v) is 12.9. The monoisotopic (exact) mass is 288 g/mol. The van der Waals surface area contributed by atoms with E-state index in [1.807, 2.05) is 20.8 Å². The lowest BCUT2D eigenvalue weighted by molar-refractivity contribution is -0.160. The van der Waals surface area contributed by atoms with Crippen LogP contribution in [0.1, 0.15) is 65.7 Å². The molecule has 0 aliphatic heterocycles. The van der Waals surface area contributed by atoms with Gasteiger partial charge >= 0.3 is 11.9 Å². The highest BCUT2D eigenvalue weighted by molar-refractivity contribution is 5.71. The Bertz CT molecular complexity index is 280. The van der Waals surface area contributed by atoms with Crippen molar-refractivity contribution in [3.63, 3.8) is 0 Å². The Balaban J connectivity index is 3.25. The predicted molar refractivity (Wildman–Crippen MR) is 76.6 cm³/mol. The maximum Gasteiger partial charge on any atom is 0.332 e. The molecule has 0 saturated heterocycles. The second kappa shape index (κ2) is 10.7. The van der Waals surface area contributed by atoms with Crippen LogP contribution in [0.2, 0.25) is 0 Å². The van der Waals surface area contributed by atoms with Crippen LogP contribution in [-0.2, 0) is 19.1 Å². The van der Waals surface area contributed by atoms with Gasteiger partial charge in [0.05, 0.1) is 0 Å². The van der Waals surface area contributed by atoms with Crippen LogP contribution < -0.4 is 0 Å². The number of carboxylic acids is 1. The topological polar surface area (TPSA) is 72.8 Å². The van der Waals surface area contributed by atoms with Crippen molar-refractivity contribution >= 4 is 11.9 Å². The predicted octanol–water partition coefficient (Wildman–Crippen LogP) is 3.16. The van der Waals surface area contributed by atoms with Crippen molar-refractivity contribution in [1.29, 1.82) is 0 Å². The number of ether oxygens (including phenoxy) is 2. The van der Waals surface area contributed by atoms with E-state index in [9.17, 15) is 9.59 Å². The number of aliphatic carboxylic acids is 1. The first-order valence-electron chi connectivity index (χ1n) is 7.32. The third-order valence-electron chi connectivity index (χ3n) is 2.57. The molecule has 0 atom stereocenters. The molecule has 5 heteroatoms. The third-order valence-corrected chi connectivity index (χ3v) is 2.57. The molecule has 0 aliphatic rings. The number of carbonyl (C=O) groups is 2. The van der Waals surface area contributed by atoms with E-state index in [2.05, 4.69) is 0 Å².